The van der Waals surface area contributed by atoms with Crippen LogP contribution in [0.25, 0.3) is 66.7 Å². The highest BCUT2D eigenvalue weighted by atomic mass is 16.3. The predicted molar refractivity (Wildman–Crippen MR) is 204 cm³/mol. The number of oxazole rings is 1. The van der Waals surface area contributed by atoms with Crippen LogP contribution in [0.5, 0.6) is 0 Å². The SMILES string of the molecule is CC1(C)c2ccccc2-c2ccc(N(c3ccc(-c4cccc5oc(-c6ccccc6)nc45)cc3)c3ccc4oc5ccccc5c4c3)cc21. The number of anilines is 3. The summed E-state index contributed by atoms with van der Waals surface area (Å²) in [5.41, 5.74) is 14.9. The molecular formula is C46H32N2O2. The Morgan fingerprint density at radius 2 is 1.12 bits per heavy atom. The van der Waals surface area contributed by atoms with Gasteiger partial charge in [-0.3, -0.25) is 0 Å². The molecule has 0 amide bonds. The van der Waals surface area contributed by atoms with Crippen LogP contribution in [0.4, 0.5) is 17.1 Å². The Labute approximate surface area is 289 Å². The first-order valence-corrected chi connectivity index (χ1v) is 17.0. The van der Waals surface area contributed by atoms with Crippen LogP contribution < -0.4 is 4.90 Å². The first kappa shape index (κ1) is 28.6. The molecule has 0 saturated heterocycles. The molecule has 1 aliphatic rings. The lowest BCUT2D eigenvalue weighted by Gasteiger charge is -2.28. The third kappa shape index (κ3) is 4.35. The summed E-state index contributed by atoms with van der Waals surface area (Å²) in [6.45, 7) is 4.66. The molecular weight excluding hydrogens is 613 g/mol. The molecule has 0 bridgehead atoms. The van der Waals surface area contributed by atoms with Crippen molar-refractivity contribution < 1.29 is 8.83 Å². The molecule has 2 aromatic heterocycles. The second-order valence-electron chi connectivity index (χ2n) is 13.6. The van der Waals surface area contributed by atoms with Gasteiger partial charge in [0, 0.05) is 44.4 Å². The molecule has 4 heteroatoms. The second-order valence-corrected chi connectivity index (χ2v) is 13.6. The summed E-state index contributed by atoms with van der Waals surface area (Å²) in [5.74, 6) is 0.625. The number of fused-ring (bicyclic) bond motifs is 7. The van der Waals surface area contributed by atoms with Gasteiger partial charge >= 0.3 is 0 Å². The van der Waals surface area contributed by atoms with Gasteiger partial charge in [0.2, 0.25) is 5.89 Å². The number of aromatic nitrogens is 1. The van der Waals surface area contributed by atoms with Crippen molar-refractivity contribution in [3.63, 3.8) is 0 Å². The lowest BCUT2D eigenvalue weighted by Crippen LogP contribution is -2.16. The van der Waals surface area contributed by atoms with Crippen LogP contribution in [0.2, 0.25) is 0 Å². The van der Waals surface area contributed by atoms with E-state index in [-0.39, 0.29) is 5.41 Å². The van der Waals surface area contributed by atoms with Gasteiger partial charge < -0.3 is 13.7 Å². The number of furan rings is 1. The molecule has 10 rings (SSSR count). The fourth-order valence-electron chi connectivity index (χ4n) is 7.81. The summed E-state index contributed by atoms with van der Waals surface area (Å²) >= 11 is 0. The molecule has 0 fully saturated rings. The largest absolute Gasteiger partial charge is 0.456 e. The molecule has 2 heterocycles. The Morgan fingerprint density at radius 1 is 0.460 bits per heavy atom. The maximum Gasteiger partial charge on any atom is 0.227 e. The maximum absolute atomic E-state index is 6.22. The summed E-state index contributed by atoms with van der Waals surface area (Å²) in [4.78, 5) is 7.29. The van der Waals surface area contributed by atoms with Gasteiger partial charge in [0.15, 0.2) is 5.58 Å². The van der Waals surface area contributed by atoms with Gasteiger partial charge in [-0.05, 0) is 94.5 Å². The molecule has 7 aromatic carbocycles. The lowest BCUT2D eigenvalue weighted by atomic mass is 9.82. The third-order valence-corrected chi connectivity index (χ3v) is 10.3. The maximum atomic E-state index is 6.22. The normalized spacial score (nSPS) is 13.2. The molecule has 9 aromatic rings. The van der Waals surface area contributed by atoms with Gasteiger partial charge in [0.1, 0.15) is 16.7 Å². The van der Waals surface area contributed by atoms with Gasteiger partial charge in [-0.15, -0.1) is 0 Å². The minimum Gasteiger partial charge on any atom is -0.456 e. The number of nitrogens with zero attached hydrogens (tertiary/aromatic N) is 2. The van der Waals surface area contributed by atoms with Crippen molar-refractivity contribution in [2.45, 2.75) is 19.3 Å². The number of rotatable bonds is 5. The van der Waals surface area contributed by atoms with Crippen LogP contribution in [0, 0.1) is 0 Å². The minimum atomic E-state index is -0.114. The Bertz CT molecular complexity index is 2730. The highest BCUT2D eigenvalue weighted by Gasteiger charge is 2.35. The molecule has 1 aliphatic carbocycles. The number of hydrogen-bond donors (Lipinski definition) is 0. The van der Waals surface area contributed by atoms with Crippen LogP contribution in [0.3, 0.4) is 0 Å². The number of hydrogen-bond acceptors (Lipinski definition) is 4. The van der Waals surface area contributed by atoms with Crippen LogP contribution in [-0.4, -0.2) is 4.98 Å². The highest BCUT2D eigenvalue weighted by molar-refractivity contribution is 6.06. The van der Waals surface area contributed by atoms with Crippen LogP contribution in [0.1, 0.15) is 25.0 Å². The zero-order chi connectivity index (χ0) is 33.4. The molecule has 0 spiro atoms. The van der Waals surface area contributed by atoms with E-state index in [0.29, 0.717) is 5.89 Å². The molecule has 0 unspecified atom stereocenters. The Balaban J connectivity index is 1.11. The standard InChI is InChI=1S/C46H32N2O2/c1-46(2)39-16-8-6-13-35(39)36-25-23-33(28-40(36)46)48(32-24-26-42-38(27-32)37-14-7-9-17-41(37)49-42)31-21-19-29(20-22-31)34-15-10-18-43-44(34)47-45(50-43)30-11-4-3-5-12-30/h3-28H,1-2H3. The van der Waals surface area contributed by atoms with Crippen molar-refractivity contribution >= 4 is 50.1 Å². The van der Waals surface area contributed by atoms with Gasteiger partial charge in [-0.2, -0.15) is 0 Å². The quantitative estimate of drug-likeness (QED) is 0.187. The molecule has 0 saturated carbocycles. The number of para-hydroxylation sites is 2. The van der Waals surface area contributed by atoms with Gasteiger partial charge in [-0.25, -0.2) is 4.98 Å². The van der Waals surface area contributed by atoms with Crippen molar-refractivity contribution in [1.29, 1.82) is 0 Å². The van der Waals surface area contributed by atoms with E-state index in [1.54, 1.807) is 0 Å². The summed E-state index contributed by atoms with van der Waals surface area (Å²) in [7, 11) is 0. The van der Waals surface area contributed by atoms with Crippen LogP contribution in [-0.2, 0) is 5.41 Å². The zero-order valence-electron chi connectivity index (χ0n) is 27.7. The van der Waals surface area contributed by atoms with Crippen molar-refractivity contribution in [3.8, 4) is 33.7 Å². The summed E-state index contributed by atoms with van der Waals surface area (Å²) in [5, 5.41) is 2.21. The van der Waals surface area contributed by atoms with E-state index in [2.05, 4.69) is 122 Å². The van der Waals surface area contributed by atoms with E-state index in [0.717, 1.165) is 66.8 Å². The van der Waals surface area contributed by atoms with Crippen molar-refractivity contribution in [3.05, 3.63) is 169 Å². The van der Waals surface area contributed by atoms with E-state index in [1.807, 2.05) is 54.6 Å². The Morgan fingerprint density at radius 3 is 2.00 bits per heavy atom. The minimum absolute atomic E-state index is 0.114. The molecule has 238 valence electrons. The predicted octanol–water partition coefficient (Wildman–Crippen LogP) is 12.8. The molecule has 0 radical (unpaired) electrons. The zero-order valence-corrected chi connectivity index (χ0v) is 27.7. The van der Waals surface area contributed by atoms with Crippen molar-refractivity contribution in [2.75, 3.05) is 4.90 Å². The topological polar surface area (TPSA) is 42.4 Å². The molecule has 50 heavy (non-hydrogen) atoms. The van der Waals surface area contributed by atoms with Crippen molar-refractivity contribution in [2.24, 2.45) is 0 Å². The molecule has 4 nitrogen and oxygen atoms in total. The van der Waals surface area contributed by atoms with Gasteiger partial charge in [0.05, 0.1) is 0 Å². The smallest absolute Gasteiger partial charge is 0.227 e. The van der Waals surface area contributed by atoms with E-state index in [1.165, 1.54) is 22.3 Å². The fourth-order valence-corrected chi connectivity index (χ4v) is 7.81. The third-order valence-electron chi connectivity index (χ3n) is 10.3. The van der Waals surface area contributed by atoms with E-state index in [4.69, 9.17) is 13.8 Å². The van der Waals surface area contributed by atoms with Gasteiger partial charge in [0.25, 0.3) is 0 Å². The van der Waals surface area contributed by atoms with E-state index in [9.17, 15) is 0 Å². The first-order chi connectivity index (χ1) is 24.5. The monoisotopic (exact) mass is 644 g/mol. The molecule has 0 N–H and O–H groups in total. The van der Waals surface area contributed by atoms with Gasteiger partial charge in [-0.1, -0.05) is 105 Å². The average Bonchev–Trinajstić information content (AvgIpc) is 3.83. The number of benzene rings is 7. The summed E-state index contributed by atoms with van der Waals surface area (Å²) in [6, 6.07) is 55.4. The Kier molecular flexibility index (Phi) is 6.19. The Hall–Kier alpha value is -6.39. The van der Waals surface area contributed by atoms with Crippen molar-refractivity contribution in [1.82, 2.24) is 4.98 Å². The van der Waals surface area contributed by atoms with Crippen LogP contribution in [0.15, 0.2) is 167 Å². The fraction of sp³-hybridized carbons (Fsp3) is 0.0652. The molecule has 0 atom stereocenters. The average molecular weight is 645 g/mol. The van der Waals surface area contributed by atoms with E-state index < -0.39 is 0 Å². The molecule has 0 aliphatic heterocycles. The summed E-state index contributed by atoms with van der Waals surface area (Å²) in [6.07, 6.45) is 0. The van der Waals surface area contributed by atoms with Crippen LogP contribution >= 0.6 is 0 Å². The lowest BCUT2D eigenvalue weighted by molar-refractivity contribution is 0.620. The first-order valence-electron chi connectivity index (χ1n) is 17.0. The summed E-state index contributed by atoms with van der Waals surface area (Å²) < 4.78 is 12.4. The van der Waals surface area contributed by atoms with E-state index >= 15 is 0 Å². The highest BCUT2D eigenvalue weighted by Crippen LogP contribution is 2.51. The second kappa shape index (κ2) is 10.8.